The number of anilines is 1. The Morgan fingerprint density at radius 1 is 1.27 bits per heavy atom. The van der Waals surface area contributed by atoms with Crippen molar-refractivity contribution in [1.29, 1.82) is 0 Å². The molecule has 1 heterocycles. The summed E-state index contributed by atoms with van der Waals surface area (Å²) in [6.45, 7) is 2.86. The number of nitrogens with two attached hydrogens (primary N) is 1. The lowest BCUT2D eigenvalue weighted by Gasteiger charge is -2.33. The Bertz CT molecular complexity index is 522. The number of aromatic nitrogens is 3. The lowest BCUT2D eigenvalue weighted by atomic mass is 9.94. The van der Waals surface area contributed by atoms with E-state index in [1.807, 2.05) is 9.47 Å². The van der Waals surface area contributed by atoms with Crippen molar-refractivity contribution in [3.63, 3.8) is 0 Å². The zero-order chi connectivity index (χ0) is 15.5. The topological polar surface area (TPSA) is 77.0 Å². The van der Waals surface area contributed by atoms with Crippen LogP contribution in [0.1, 0.15) is 57.9 Å². The first-order valence-corrected chi connectivity index (χ1v) is 9.32. The van der Waals surface area contributed by atoms with Gasteiger partial charge in [0, 0.05) is 18.6 Å². The van der Waals surface area contributed by atoms with Gasteiger partial charge in [-0.15, -0.1) is 10.2 Å². The number of carbonyl (C=O) groups is 1. The third-order valence-electron chi connectivity index (χ3n) is 4.60. The van der Waals surface area contributed by atoms with Gasteiger partial charge in [-0.05, 0) is 32.6 Å². The number of thioether (sulfide) groups is 1. The molecule has 1 aromatic heterocycles. The third kappa shape index (κ3) is 3.39. The summed E-state index contributed by atoms with van der Waals surface area (Å²) in [5.41, 5.74) is 5.87. The van der Waals surface area contributed by atoms with Crippen molar-refractivity contribution in [3.8, 4) is 0 Å². The molecule has 22 heavy (non-hydrogen) atoms. The maximum absolute atomic E-state index is 12.6. The van der Waals surface area contributed by atoms with Crippen LogP contribution in [0.3, 0.4) is 0 Å². The summed E-state index contributed by atoms with van der Waals surface area (Å²) in [4.78, 5) is 14.6. The van der Waals surface area contributed by atoms with Crippen molar-refractivity contribution >= 4 is 23.6 Å². The van der Waals surface area contributed by atoms with Crippen molar-refractivity contribution in [1.82, 2.24) is 19.7 Å². The summed E-state index contributed by atoms with van der Waals surface area (Å²) in [7, 11) is 0. The smallest absolute Gasteiger partial charge is 0.233 e. The van der Waals surface area contributed by atoms with E-state index in [2.05, 4.69) is 17.1 Å². The van der Waals surface area contributed by atoms with Crippen LogP contribution >= 0.6 is 11.8 Å². The van der Waals surface area contributed by atoms with Crippen molar-refractivity contribution in [2.45, 2.75) is 69.1 Å². The van der Waals surface area contributed by atoms with Gasteiger partial charge in [0.2, 0.25) is 11.9 Å². The first kappa shape index (κ1) is 15.6. The molecule has 2 N–H and O–H groups in total. The number of hydrogen-bond donors (Lipinski definition) is 1. The van der Waals surface area contributed by atoms with Gasteiger partial charge in [0.25, 0.3) is 0 Å². The molecule has 0 atom stereocenters. The zero-order valence-electron chi connectivity index (χ0n) is 13.2. The molecule has 0 spiro atoms. The number of amides is 1. The summed E-state index contributed by atoms with van der Waals surface area (Å²) >= 11 is 1.47. The number of nitrogen functional groups attached to an aromatic ring is 1. The standard InChI is InChI=1S/C15H25N5OS/c1-2-19(11-6-4-3-5-7-11)13(21)10-22-15-18-17-14(16)20(15)12-8-9-12/h11-12H,2-10H2,1H3,(H2,16,17). The minimum absolute atomic E-state index is 0.211. The van der Waals surface area contributed by atoms with E-state index < -0.39 is 0 Å². The number of nitrogens with zero attached hydrogens (tertiary/aromatic N) is 4. The van der Waals surface area contributed by atoms with E-state index in [4.69, 9.17) is 5.73 Å². The van der Waals surface area contributed by atoms with Crippen molar-refractivity contribution in [2.75, 3.05) is 18.0 Å². The molecule has 2 fully saturated rings. The summed E-state index contributed by atoms with van der Waals surface area (Å²) in [5, 5.41) is 8.87. The Kier molecular flexibility index (Phi) is 4.90. The molecule has 2 aliphatic carbocycles. The van der Waals surface area contributed by atoms with Crippen molar-refractivity contribution in [3.05, 3.63) is 0 Å². The largest absolute Gasteiger partial charge is 0.368 e. The Hall–Kier alpha value is -1.24. The lowest BCUT2D eigenvalue weighted by molar-refractivity contribution is -0.131. The van der Waals surface area contributed by atoms with Crippen LogP contribution in [0.25, 0.3) is 0 Å². The lowest BCUT2D eigenvalue weighted by Crippen LogP contribution is -2.42. The summed E-state index contributed by atoms with van der Waals surface area (Å²) in [6.07, 6.45) is 8.35. The summed E-state index contributed by atoms with van der Waals surface area (Å²) in [5.74, 6) is 1.11. The molecule has 7 heteroatoms. The minimum Gasteiger partial charge on any atom is -0.368 e. The quantitative estimate of drug-likeness (QED) is 0.814. The Balaban J connectivity index is 1.59. The maximum Gasteiger partial charge on any atom is 0.233 e. The molecule has 0 bridgehead atoms. The fourth-order valence-corrected chi connectivity index (χ4v) is 4.20. The van der Waals surface area contributed by atoms with E-state index in [0.717, 1.165) is 37.4 Å². The minimum atomic E-state index is 0.211. The highest BCUT2D eigenvalue weighted by Gasteiger charge is 2.30. The van der Waals surface area contributed by atoms with Gasteiger partial charge < -0.3 is 10.6 Å². The van der Waals surface area contributed by atoms with Crippen LogP contribution in [-0.2, 0) is 4.79 Å². The average Bonchev–Trinajstić information content (AvgIpc) is 3.30. The Morgan fingerprint density at radius 3 is 2.64 bits per heavy atom. The molecular weight excluding hydrogens is 298 g/mol. The molecule has 0 unspecified atom stereocenters. The Morgan fingerprint density at radius 2 is 2.00 bits per heavy atom. The van der Waals surface area contributed by atoms with Gasteiger partial charge >= 0.3 is 0 Å². The fraction of sp³-hybridized carbons (Fsp3) is 0.800. The highest BCUT2D eigenvalue weighted by atomic mass is 32.2. The molecule has 0 saturated heterocycles. The van der Waals surface area contributed by atoms with Crippen LogP contribution in [0.4, 0.5) is 5.95 Å². The molecule has 3 rings (SSSR count). The van der Waals surface area contributed by atoms with Gasteiger partial charge in [0.1, 0.15) is 0 Å². The van der Waals surface area contributed by atoms with Crippen molar-refractivity contribution in [2.24, 2.45) is 0 Å². The second-order valence-corrected chi connectivity index (χ2v) is 7.14. The zero-order valence-corrected chi connectivity index (χ0v) is 14.0. The predicted octanol–water partition coefficient (Wildman–Crippen LogP) is 2.47. The molecule has 2 aliphatic rings. The van der Waals surface area contributed by atoms with Gasteiger partial charge in [0.15, 0.2) is 5.16 Å². The van der Waals surface area contributed by atoms with Gasteiger partial charge in [-0.25, -0.2) is 0 Å². The fourth-order valence-electron chi connectivity index (χ4n) is 3.30. The predicted molar refractivity (Wildman–Crippen MR) is 87.7 cm³/mol. The second-order valence-electron chi connectivity index (χ2n) is 6.20. The highest BCUT2D eigenvalue weighted by Crippen LogP contribution is 2.39. The molecule has 122 valence electrons. The SMILES string of the molecule is CCN(C(=O)CSc1nnc(N)n1C1CC1)C1CCCCC1. The number of hydrogen-bond acceptors (Lipinski definition) is 5. The number of rotatable bonds is 6. The third-order valence-corrected chi connectivity index (χ3v) is 5.53. The van der Waals surface area contributed by atoms with E-state index in [9.17, 15) is 4.79 Å². The first-order chi connectivity index (χ1) is 10.7. The van der Waals surface area contributed by atoms with Crippen LogP contribution in [-0.4, -0.2) is 43.9 Å². The molecule has 1 aromatic rings. The van der Waals surface area contributed by atoms with Crippen LogP contribution in [0.2, 0.25) is 0 Å². The molecule has 6 nitrogen and oxygen atoms in total. The van der Waals surface area contributed by atoms with Gasteiger partial charge in [-0.3, -0.25) is 9.36 Å². The van der Waals surface area contributed by atoms with Crippen LogP contribution in [0, 0.1) is 0 Å². The monoisotopic (exact) mass is 323 g/mol. The van der Waals surface area contributed by atoms with Gasteiger partial charge in [0.05, 0.1) is 5.75 Å². The van der Waals surface area contributed by atoms with Crippen LogP contribution in [0.15, 0.2) is 5.16 Å². The molecule has 2 saturated carbocycles. The molecule has 0 aromatic carbocycles. The van der Waals surface area contributed by atoms with Crippen molar-refractivity contribution < 1.29 is 4.79 Å². The van der Waals surface area contributed by atoms with Gasteiger partial charge in [-0.2, -0.15) is 0 Å². The molecule has 1 amide bonds. The maximum atomic E-state index is 12.6. The van der Waals surface area contributed by atoms with Crippen LogP contribution < -0.4 is 5.73 Å². The average molecular weight is 323 g/mol. The van der Waals surface area contributed by atoms with E-state index in [-0.39, 0.29) is 5.91 Å². The van der Waals surface area contributed by atoms with E-state index >= 15 is 0 Å². The normalized spacial score (nSPS) is 19.3. The molecule has 0 radical (unpaired) electrons. The molecule has 0 aliphatic heterocycles. The number of carbonyl (C=O) groups excluding carboxylic acids is 1. The first-order valence-electron chi connectivity index (χ1n) is 8.33. The van der Waals surface area contributed by atoms with E-state index in [1.165, 1.54) is 31.0 Å². The van der Waals surface area contributed by atoms with E-state index in [1.54, 1.807) is 0 Å². The second kappa shape index (κ2) is 6.89. The Labute approximate surface area is 135 Å². The summed E-state index contributed by atoms with van der Waals surface area (Å²) in [6, 6.07) is 0.867. The van der Waals surface area contributed by atoms with Crippen LogP contribution in [0.5, 0.6) is 0 Å². The highest BCUT2D eigenvalue weighted by molar-refractivity contribution is 7.99. The van der Waals surface area contributed by atoms with Gasteiger partial charge in [-0.1, -0.05) is 31.0 Å². The molecular formula is C15H25N5OS. The van der Waals surface area contributed by atoms with E-state index in [0.29, 0.717) is 23.8 Å². The summed E-state index contributed by atoms with van der Waals surface area (Å²) < 4.78 is 1.98.